The number of nitrogens with zero attached hydrogens (tertiary/aromatic N) is 1. The van der Waals surface area contributed by atoms with Crippen molar-refractivity contribution in [1.29, 1.82) is 0 Å². The van der Waals surface area contributed by atoms with Crippen LogP contribution >= 0.6 is 23.2 Å². The molecule has 1 saturated heterocycles. The van der Waals surface area contributed by atoms with Crippen LogP contribution in [0.4, 0.5) is 0 Å². The molecule has 0 spiro atoms. The van der Waals surface area contributed by atoms with Crippen molar-refractivity contribution >= 4 is 39.0 Å². The molecule has 0 amide bonds. The van der Waals surface area contributed by atoms with Crippen LogP contribution in [0.15, 0.2) is 23.1 Å². The van der Waals surface area contributed by atoms with Gasteiger partial charge in [-0.15, -0.1) is 0 Å². The second-order valence-electron chi connectivity index (χ2n) is 4.92. The molecule has 1 aliphatic heterocycles. The minimum atomic E-state index is -3.66. The van der Waals surface area contributed by atoms with E-state index in [2.05, 4.69) is 0 Å². The minimum absolute atomic E-state index is 0.0222. The van der Waals surface area contributed by atoms with Gasteiger partial charge in [0.05, 0.1) is 4.90 Å². The second-order valence-corrected chi connectivity index (χ2v) is 7.73. The lowest BCUT2D eigenvalue weighted by atomic mass is 9.96. The number of Topliss-reactive ketones (excluding diaryl/α,β-unsaturated/α-hetero) is 1. The van der Waals surface area contributed by atoms with Gasteiger partial charge in [0, 0.05) is 29.1 Å². The monoisotopic (exact) mass is 335 g/mol. The lowest BCUT2D eigenvalue weighted by molar-refractivity contribution is -0.121. The normalized spacial score (nSPS) is 20.9. The number of halogens is 2. The Morgan fingerprint density at radius 2 is 1.85 bits per heavy atom. The number of sulfonamides is 1. The van der Waals surface area contributed by atoms with Crippen molar-refractivity contribution in [2.45, 2.75) is 24.7 Å². The molecule has 4 nitrogen and oxygen atoms in total. The molecule has 1 fully saturated rings. The van der Waals surface area contributed by atoms with E-state index >= 15 is 0 Å². The summed E-state index contributed by atoms with van der Waals surface area (Å²) in [5, 5.41) is 0.549. The highest BCUT2D eigenvalue weighted by atomic mass is 35.5. The smallest absolute Gasteiger partial charge is 0.243 e. The number of carbonyl (C=O) groups excluding carboxylic acids is 1. The average molecular weight is 336 g/mol. The van der Waals surface area contributed by atoms with Crippen LogP contribution in [-0.2, 0) is 14.8 Å². The summed E-state index contributed by atoms with van der Waals surface area (Å²) in [6.45, 7) is 2.13. The van der Waals surface area contributed by atoms with Gasteiger partial charge in [0.15, 0.2) is 0 Å². The topological polar surface area (TPSA) is 54.5 Å². The third-order valence-electron chi connectivity index (χ3n) is 3.43. The first kappa shape index (κ1) is 15.8. The zero-order valence-electron chi connectivity index (χ0n) is 11.0. The van der Waals surface area contributed by atoms with E-state index in [1.165, 1.54) is 29.4 Å². The van der Waals surface area contributed by atoms with Gasteiger partial charge in [-0.3, -0.25) is 4.79 Å². The van der Waals surface area contributed by atoms with Crippen molar-refractivity contribution in [3.05, 3.63) is 28.2 Å². The minimum Gasteiger partial charge on any atom is -0.300 e. The zero-order chi connectivity index (χ0) is 14.9. The van der Waals surface area contributed by atoms with Crippen molar-refractivity contribution < 1.29 is 13.2 Å². The van der Waals surface area contributed by atoms with Crippen LogP contribution in [0.3, 0.4) is 0 Å². The van der Waals surface area contributed by atoms with Crippen LogP contribution in [0.5, 0.6) is 0 Å². The molecule has 0 saturated carbocycles. The number of piperidine rings is 1. The fraction of sp³-hybridized carbons (Fsp3) is 0.462. The number of hydrogen-bond acceptors (Lipinski definition) is 3. The second kappa shape index (κ2) is 6.02. The first-order valence-electron chi connectivity index (χ1n) is 6.27. The van der Waals surface area contributed by atoms with Crippen molar-refractivity contribution in [1.82, 2.24) is 4.31 Å². The van der Waals surface area contributed by atoms with E-state index in [1.807, 2.05) is 0 Å². The molecule has 0 aromatic heterocycles. The number of ketones is 1. The summed E-state index contributed by atoms with van der Waals surface area (Å²) in [5.41, 5.74) is 0. The Kier molecular flexibility index (Phi) is 4.74. The summed E-state index contributed by atoms with van der Waals surface area (Å²) < 4.78 is 26.5. The maximum atomic E-state index is 12.6. The van der Waals surface area contributed by atoms with E-state index in [4.69, 9.17) is 23.2 Å². The lowest BCUT2D eigenvalue weighted by Crippen LogP contribution is -2.41. The maximum Gasteiger partial charge on any atom is 0.243 e. The van der Waals surface area contributed by atoms with Crippen molar-refractivity contribution in [2.24, 2.45) is 5.92 Å². The molecule has 0 bridgehead atoms. The van der Waals surface area contributed by atoms with Crippen LogP contribution in [0.2, 0.25) is 10.0 Å². The van der Waals surface area contributed by atoms with Gasteiger partial charge < -0.3 is 0 Å². The van der Waals surface area contributed by atoms with E-state index in [9.17, 15) is 13.2 Å². The van der Waals surface area contributed by atoms with Crippen LogP contribution < -0.4 is 0 Å². The van der Waals surface area contributed by atoms with E-state index in [0.29, 0.717) is 13.0 Å². The Morgan fingerprint density at radius 3 is 2.40 bits per heavy atom. The highest BCUT2D eigenvalue weighted by Gasteiger charge is 2.32. The third kappa shape index (κ3) is 3.34. The van der Waals surface area contributed by atoms with Crippen LogP contribution in [-0.4, -0.2) is 31.6 Å². The van der Waals surface area contributed by atoms with Crippen molar-refractivity contribution in [3.8, 4) is 0 Å². The van der Waals surface area contributed by atoms with E-state index in [0.717, 1.165) is 6.42 Å². The predicted molar refractivity (Wildman–Crippen MR) is 78.6 cm³/mol. The van der Waals surface area contributed by atoms with Gasteiger partial charge in [-0.2, -0.15) is 4.31 Å². The third-order valence-corrected chi connectivity index (χ3v) is 5.71. The molecule has 2 rings (SSSR count). The Bertz CT molecular complexity index is 610. The molecular formula is C13H15Cl2NO3S. The Labute approximate surface area is 128 Å². The SMILES string of the molecule is CC(=O)C1CCCN(S(=O)(=O)c2cc(Cl)cc(Cl)c2)C1. The summed E-state index contributed by atoms with van der Waals surface area (Å²) in [7, 11) is -3.66. The van der Waals surface area contributed by atoms with Crippen LogP contribution in [0.25, 0.3) is 0 Å². The van der Waals surface area contributed by atoms with E-state index in [-0.39, 0.29) is 33.2 Å². The summed E-state index contributed by atoms with van der Waals surface area (Å²) >= 11 is 11.7. The molecule has 0 aliphatic carbocycles. The summed E-state index contributed by atoms with van der Waals surface area (Å²) in [5.74, 6) is -0.206. The molecule has 1 aromatic carbocycles. The maximum absolute atomic E-state index is 12.6. The predicted octanol–water partition coefficient (Wildman–Crippen LogP) is 2.98. The fourth-order valence-corrected chi connectivity index (χ4v) is 4.57. The molecule has 1 unspecified atom stereocenters. The van der Waals surface area contributed by atoms with Gasteiger partial charge in [-0.1, -0.05) is 23.2 Å². The molecule has 1 heterocycles. The van der Waals surface area contributed by atoms with Gasteiger partial charge in [0.25, 0.3) is 0 Å². The highest BCUT2D eigenvalue weighted by molar-refractivity contribution is 7.89. The molecule has 0 radical (unpaired) electrons. The zero-order valence-corrected chi connectivity index (χ0v) is 13.3. The van der Waals surface area contributed by atoms with Gasteiger partial charge in [-0.05, 0) is 38.0 Å². The van der Waals surface area contributed by atoms with Gasteiger partial charge >= 0.3 is 0 Å². The molecule has 0 N–H and O–H groups in total. The van der Waals surface area contributed by atoms with Crippen LogP contribution in [0, 0.1) is 5.92 Å². The van der Waals surface area contributed by atoms with Gasteiger partial charge in [0.1, 0.15) is 5.78 Å². The molecule has 1 aromatic rings. The van der Waals surface area contributed by atoms with Crippen molar-refractivity contribution in [3.63, 3.8) is 0 Å². The van der Waals surface area contributed by atoms with Crippen LogP contribution in [0.1, 0.15) is 19.8 Å². The summed E-state index contributed by atoms with van der Waals surface area (Å²) in [6.07, 6.45) is 1.41. The Balaban J connectivity index is 2.32. The number of benzene rings is 1. The summed E-state index contributed by atoms with van der Waals surface area (Å²) in [6, 6.07) is 4.23. The largest absolute Gasteiger partial charge is 0.300 e. The number of carbonyl (C=O) groups is 1. The molecule has 20 heavy (non-hydrogen) atoms. The lowest BCUT2D eigenvalue weighted by Gasteiger charge is -2.30. The fourth-order valence-electron chi connectivity index (χ4n) is 2.32. The molecule has 110 valence electrons. The summed E-state index contributed by atoms with van der Waals surface area (Å²) in [4.78, 5) is 11.5. The van der Waals surface area contributed by atoms with Gasteiger partial charge in [0.2, 0.25) is 10.0 Å². The Morgan fingerprint density at radius 1 is 1.25 bits per heavy atom. The number of hydrogen-bond donors (Lipinski definition) is 0. The average Bonchev–Trinajstić information content (AvgIpc) is 2.37. The molecular weight excluding hydrogens is 321 g/mol. The van der Waals surface area contributed by atoms with E-state index < -0.39 is 10.0 Å². The standard InChI is InChI=1S/C13H15Cl2NO3S/c1-9(17)10-3-2-4-16(8-10)20(18,19)13-6-11(14)5-12(15)7-13/h5-7,10H,2-4,8H2,1H3. The molecule has 1 aliphatic rings. The van der Waals surface area contributed by atoms with Crippen molar-refractivity contribution in [2.75, 3.05) is 13.1 Å². The first-order chi connectivity index (χ1) is 9.30. The molecule has 1 atom stereocenters. The highest BCUT2D eigenvalue weighted by Crippen LogP contribution is 2.28. The molecule has 7 heteroatoms. The quantitative estimate of drug-likeness (QED) is 0.853. The first-order valence-corrected chi connectivity index (χ1v) is 8.47. The number of rotatable bonds is 3. The Hall–Kier alpha value is -0.620. The van der Waals surface area contributed by atoms with Gasteiger partial charge in [-0.25, -0.2) is 8.42 Å². The van der Waals surface area contributed by atoms with E-state index in [1.54, 1.807) is 0 Å².